The molecule has 0 saturated carbocycles. The number of halogens is 1. The van der Waals surface area contributed by atoms with Gasteiger partial charge in [-0.15, -0.1) is 0 Å². The highest BCUT2D eigenvalue weighted by Crippen LogP contribution is 2.22. The van der Waals surface area contributed by atoms with Crippen molar-refractivity contribution in [2.45, 2.75) is 32.9 Å². The number of hydrogen-bond donors (Lipinski definition) is 0. The minimum atomic E-state index is -0.290. The summed E-state index contributed by atoms with van der Waals surface area (Å²) in [6, 6.07) is 8.02. The Morgan fingerprint density at radius 2 is 1.84 bits per heavy atom. The molecule has 1 atom stereocenters. The smallest absolute Gasteiger partial charge is 0.255 e. The van der Waals surface area contributed by atoms with Crippen molar-refractivity contribution in [3.8, 4) is 0 Å². The van der Waals surface area contributed by atoms with Gasteiger partial charge in [-0.2, -0.15) is 5.10 Å². The van der Waals surface area contributed by atoms with E-state index in [1.807, 2.05) is 31.5 Å². The van der Waals surface area contributed by atoms with E-state index in [0.29, 0.717) is 5.56 Å². The molecular weight excluding hydrogens is 319 g/mol. The molecule has 3 rings (SSSR count). The summed E-state index contributed by atoms with van der Waals surface area (Å²) in [5.41, 5.74) is 2.15. The number of fused-ring (bicyclic) bond motifs is 1. The van der Waals surface area contributed by atoms with Gasteiger partial charge in [-0.25, -0.2) is 14.1 Å². The predicted molar refractivity (Wildman–Crippen MR) is 94.8 cm³/mol. The van der Waals surface area contributed by atoms with Gasteiger partial charge >= 0.3 is 0 Å². The lowest BCUT2D eigenvalue weighted by Crippen LogP contribution is -2.29. The second-order valence-corrected chi connectivity index (χ2v) is 6.46. The lowest BCUT2D eigenvalue weighted by Gasteiger charge is -2.25. The Morgan fingerprint density at radius 1 is 1.16 bits per heavy atom. The molecule has 0 bridgehead atoms. The quantitative estimate of drug-likeness (QED) is 0.722. The average molecular weight is 340 g/mol. The molecule has 6 heteroatoms. The number of hydrogen-bond acceptors (Lipinski definition) is 3. The van der Waals surface area contributed by atoms with Crippen molar-refractivity contribution in [1.29, 1.82) is 0 Å². The molecule has 0 spiro atoms. The van der Waals surface area contributed by atoms with Crippen molar-refractivity contribution >= 4 is 16.9 Å². The van der Waals surface area contributed by atoms with E-state index in [0.717, 1.165) is 16.6 Å². The Kier molecular flexibility index (Phi) is 4.53. The average Bonchev–Trinajstić information content (AvgIpc) is 3.04. The molecule has 1 aromatic carbocycles. The van der Waals surface area contributed by atoms with Gasteiger partial charge in [0.1, 0.15) is 5.82 Å². The molecule has 0 aliphatic heterocycles. The van der Waals surface area contributed by atoms with Gasteiger partial charge in [0, 0.05) is 24.7 Å². The lowest BCUT2D eigenvalue weighted by molar-refractivity contribution is 0.0742. The van der Waals surface area contributed by atoms with Crippen LogP contribution in [-0.2, 0) is 0 Å². The Hall–Kier alpha value is -2.76. The van der Waals surface area contributed by atoms with Crippen molar-refractivity contribution in [3.05, 3.63) is 59.7 Å². The van der Waals surface area contributed by atoms with Crippen molar-refractivity contribution in [1.82, 2.24) is 19.7 Å². The summed E-state index contributed by atoms with van der Waals surface area (Å²) in [7, 11) is 1.73. The van der Waals surface area contributed by atoms with E-state index in [1.54, 1.807) is 36.5 Å². The summed E-state index contributed by atoms with van der Waals surface area (Å²) in [6.07, 6.45) is 3.31. The second-order valence-electron chi connectivity index (χ2n) is 6.46. The van der Waals surface area contributed by atoms with Gasteiger partial charge in [0.25, 0.3) is 5.91 Å². The second kappa shape index (κ2) is 6.63. The molecule has 0 unspecified atom stereocenters. The molecule has 5 nitrogen and oxygen atoms in total. The van der Waals surface area contributed by atoms with Crippen LogP contribution in [0.15, 0.2) is 42.7 Å². The van der Waals surface area contributed by atoms with Crippen molar-refractivity contribution in [2.75, 3.05) is 7.05 Å². The minimum Gasteiger partial charge on any atom is -0.335 e. The number of rotatable bonds is 4. The van der Waals surface area contributed by atoms with Crippen LogP contribution < -0.4 is 0 Å². The molecular formula is C19H21FN4O. The molecule has 2 aromatic heterocycles. The first-order valence-electron chi connectivity index (χ1n) is 8.24. The first-order valence-corrected chi connectivity index (χ1v) is 8.24. The normalized spacial score (nSPS) is 12.6. The molecule has 2 heterocycles. The van der Waals surface area contributed by atoms with Gasteiger partial charge in [0.05, 0.1) is 17.8 Å². The van der Waals surface area contributed by atoms with Gasteiger partial charge in [-0.05, 0) is 44.5 Å². The predicted octanol–water partition coefficient (Wildman–Crippen LogP) is 3.98. The fourth-order valence-corrected chi connectivity index (χ4v) is 2.78. The molecule has 0 aliphatic rings. The number of carbonyl (C=O) groups is 1. The highest BCUT2D eigenvalue weighted by Gasteiger charge is 2.20. The zero-order valence-corrected chi connectivity index (χ0v) is 14.8. The standard InChI is InChI=1S/C19H21FN4O/c1-12(2)24-18-15(11-22-24)9-16(10-21-18)19(25)23(4)13(3)14-5-7-17(20)8-6-14/h5-13H,1-4H3/t13-/m1/s1. The molecule has 130 valence electrons. The first kappa shape index (κ1) is 17.1. The fraction of sp³-hybridized carbons (Fsp3) is 0.316. The number of carbonyl (C=O) groups excluding carboxylic acids is 1. The molecule has 0 aliphatic carbocycles. The van der Waals surface area contributed by atoms with Gasteiger partial charge in [-0.1, -0.05) is 12.1 Å². The maximum absolute atomic E-state index is 13.1. The number of benzene rings is 1. The first-order chi connectivity index (χ1) is 11.9. The van der Waals surface area contributed by atoms with Crippen molar-refractivity contribution in [2.24, 2.45) is 0 Å². The zero-order valence-electron chi connectivity index (χ0n) is 14.8. The van der Waals surface area contributed by atoms with E-state index in [4.69, 9.17) is 0 Å². The largest absolute Gasteiger partial charge is 0.335 e. The molecule has 0 saturated heterocycles. The van der Waals surface area contributed by atoms with Crippen LogP contribution in [0.25, 0.3) is 11.0 Å². The number of aromatic nitrogens is 3. The van der Waals surface area contributed by atoms with Crippen LogP contribution in [0, 0.1) is 5.82 Å². The van der Waals surface area contributed by atoms with Crippen LogP contribution >= 0.6 is 0 Å². The van der Waals surface area contributed by atoms with Crippen molar-refractivity contribution < 1.29 is 9.18 Å². The molecule has 25 heavy (non-hydrogen) atoms. The van der Waals surface area contributed by atoms with Gasteiger partial charge < -0.3 is 4.90 Å². The van der Waals surface area contributed by atoms with E-state index >= 15 is 0 Å². The summed E-state index contributed by atoms with van der Waals surface area (Å²) in [5, 5.41) is 5.16. The highest BCUT2D eigenvalue weighted by molar-refractivity contribution is 5.96. The summed E-state index contributed by atoms with van der Waals surface area (Å²) < 4.78 is 14.9. The molecule has 0 fully saturated rings. The van der Waals surface area contributed by atoms with E-state index in [1.165, 1.54) is 12.1 Å². The van der Waals surface area contributed by atoms with Crippen LogP contribution in [0.5, 0.6) is 0 Å². The van der Waals surface area contributed by atoms with E-state index in [2.05, 4.69) is 10.1 Å². The molecule has 0 radical (unpaired) electrons. The third-order valence-corrected chi connectivity index (χ3v) is 4.42. The summed E-state index contributed by atoms with van der Waals surface area (Å²) in [4.78, 5) is 18.8. The van der Waals surface area contributed by atoms with Gasteiger partial charge in [0.15, 0.2) is 5.65 Å². The minimum absolute atomic E-state index is 0.136. The van der Waals surface area contributed by atoms with Gasteiger partial charge in [0.2, 0.25) is 0 Å². The lowest BCUT2D eigenvalue weighted by atomic mass is 10.1. The van der Waals surface area contributed by atoms with E-state index < -0.39 is 0 Å². The van der Waals surface area contributed by atoms with Crippen LogP contribution in [0.1, 0.15) is 48.8 Å². The molecule has 0 N–H and O–H groups in total. The highest BCUT2D eigenvalue weighted by atomic mass is 19.1. The Labute approximate surface area is 146 Å². The number of amides is 1. The van der Waals surface area contributed by atoms with Crippen LogP contribution in [0.2, 0.25) is 0 Å². The summed E-state index contributed by atoms with van der Waals surface area (Å²) >= 11 is 0. The third kappa shape index (κ3) is 3.24. The molecule has 1 amide bonds. The summed E-state index contributed by atoms with van der Waals surface area (Å²) in [6.45, 7) is 5.98. The molecule has 3 aromatic rings. The Balaban J connectivity index is 1.86. The maximum Gasteiger partial charge on any atom is 0.255 e. The topological polar surface area (TPSA) is 51.0 Å². The Morgan fingerprint density at radius 3 is 2.48 bits per heavy atom. The monoisotopic (exact) mass is 340 g/mol. The maximum atomic E-state index is 13.1. The fourth-order valence-electron chi connectivity index (χ4n) is 2.78. The third-order valence-electron chi connectivity index (χ3n) is 4.42. The van der Waals surface area contributed by atoms with E-state index in [-0.39, 0.29) is 23.8 Å². The van der Waals surface area contributed by atoms with Crippen LogP contribution in [0.4, 0.5) is 4.39 Å². The number of pyridine rings is 1. The van der Waals surface area contributed by atoms with Crippen LogP contribution in [-0.4, -0.2) is 32.6 Å². The number of nitrogens with zero attached hydrogens (tertiary/aromatic N) is 4. The van der Waals surface area contributed by atoms with Crippen molar-refractivity contribution in [3.63, 3.8) is 0 Å². The zero-order chi connectivity index (χ0) is 18.1. The Bertz CT molecular complexity index is 901. The van der Waals surface area contributed by atoms with E-state index in [9.17, 15) is 9.18 Å². The summed E-state index contributed by atoms with van der Waals surface area (Å²) in [5.74, 6) is -0.426. The SMILES string of the molecule is CC(C)n1ncc2cc(C(=O)N(C)[C@H](C)c3ccc(F)cc3)cnc21. The van der Waals surface area contributed by atoms with Gasteiger partial charge in [-0.3, -0.25) is 4.79 Å². The van der Waals surface area contributed by atoms with Crippen LogP contribution in [0.3, 0.4) is 0 Å².